The molecule has 1 amide bonds. The molecular weight excluding hydrogens is 404 g/mol. The minimum absolute atomic E-state index is 0.122. The van der Waals surface area contributed by atoms with Gasteiger partial charge in [0.15, 0.2) is 17.4 Å². The largest absolute Gasteiger partial charge is 0.480 e. The van der Waals surface area contributed by atoms with Crippen LogP contribution in [0.25, 0.3) is 5.52 Å². The number of aromatic nitrogens is 1. The number of rotatable bonds is 10. The molecule has 1 unspecified atom stereocenters. The van der Waals surface area contributed by atoms with Gasteiger partial charge >= 0.3 is 12.1 Å². The number of nitrogens with one attached hydrogen (secondary N) is 2. The number of carbonyl (C=O) groups is 3. The number of hydrogen-bond donors (Lipinski definition) is 5. The number of carboxylic acids is 1. The Labute approximate surface area is 168 Å². The van der Waals surface area contributed by atoms with Crippen molar-refractivity contribution >= 4 is 40.8 Å². The third-order valence-electron chi connectivity index (χ3n) is 4.28. The van der Waals surface area contributed by atoms with E-state index in [-0.39, 0.29) is 24.5 Å². The van der Waals surface area contributed by atoms with Gasteiger partial charge in [0.1, 0.15) is 23.2 Å². The first kappa shape index (κ1) is 22.3. The van der Waals surface area contributed by atoms with E-state index in [0.29, 0.717) is 11.8 Å². The quantitative estimate of drug-likeness (QED) is 0.264. The smallest absolute Gasteiger partial charge is 0.407 e. The molecule has 0 aliphatic heterocycles. The monoisotopic (exact) mass is 426 g/mol. The lowest BCUT2D eigenvalue weighted by atomic mass is 10.0. The lowest BCUT2D eigenvalue weighted by Gasteiger charge is -2.32. The van der Waals surface area contributed by atoms with E-state index in [0.717, 1.165) is 0 Å². The summed E-state index contributed by atoms with van der Waals surface area (Å²) in [6, 6.07) is 4.99. The Kier molecular flexibility index (Phi) is 7.31. The second kappa shape index (κ2) is 9.49. The zero-order chi connectivity index (χ0) is 21.6. The maximum absolute atomic E-state index is 12.0. The zero-order valence-electron chi connectivity index (χ0n) is 15.5. The Morgan fingerprint density at radius 1 is 1.45 bits per heavy atom. The van der Waals surface area contributed by atoms with Crippen LogP contribution in [0.2, 0.25) is 0 Å². The molecule has 11 nitrogen and oxygen atoms in total. The number of carbonyl (C=O) groups excluding carboxylic acids is 2. The second-order valence-corrected chi connectivity index (χ2v) is 7.76. The van der Waals surface area contributed by atoms with Crippen LogP contribution < -0.4 is 16.4 Å². The minimum atomic E-state index is -2.72. The van der Waals surface area contributed by atoms with Crippen LogP contribution in [-0.2, 0) is 20.6 Å². The Hall–Kier alpha value is -2.96. The van der Waals surface area contributed by atoms with Crippen molar-refractivity contribution < 1.29 is 33.0 Å². The van der Waals surface area contributed by atoms with Crippen molar-refractivity contribution in [2.24, 2.45) is 5.73 Å². The molecule has 158 valence electrons. The second-order valence-electron chi connectivity index (χ2n) is 6.33. The first-order valence-corrected chi connectivity index (χ1v) is 9.61. The van der Waals surface area contributed by atoms with Crippen LogP contribution in [0.4, 0.5) is 10.6 Å². The van der Waals surface area contributed by atoms with E-state index < -0.39 is 40.5 Å². The molecule has 0 aliphatic rings. The fraction of sp³-hybridized carbons (Fsp3) is 0.353. The van der Waals surface area contributed by atoms with E-state index >= 15 is 0 Å². The van der Waals surface area contributed by atoms with E-state index in [1.165, 1.54) is 17.4 Å². The van der Waals surface area contributed by atoms with Crippen LogP contribution >= 0.6 is 0 Å². The summed E-state index contributed by atoms with van der Waals surface area (Å²) in [5, 5.41) is 14.7. The highest BCUT2D eigenvalue weighted by Gasteiger charge is 2.47. The molecule has 2 heterocycles. The molecule has 2 aromatic rings. The molecule has 12 heteroatoms. The molecule has 0 saturated heterocycles. The number of fused-ring (bicyclic) bond motifs is 1. The molecule has 29 heavy (non-hydrogen) atoms. The summed E-state index contributed by atoms with van der Waals surface area (Å²) in [4.78, 5) is 35.1. The predicted octanol–water partition coefficient (Wildman–Crippen LogP) is 0.282. The van der Waals surface area contributed by atoms with Crippen molar-refractivity contribution in [3.05, 3.63) is 36.0 Å². The molecule has 0 saturated carbocycles. The van der Waals surface area contributed by atoms with Crippen molar-refractivity contribution in [2.45, 2.75) is 17.7 Å². The molecule has 6 N–H and O–H groups in total. The van der Waals surface area contributed by atoms with Crippen LogP contribution in [0.15, 0.2) is 30.5 Å². The molecule has 0 aliphatic carbocycles. The number of nitrogens with two attached hydrogens (primary N) is 1. The third kappa shape index (κ3) is 4.91. The molecule has 3 atom stereocenters. The van der Waals surface area contributed by atoms with Crippen molar-refractivity contribution in [1.29, 1.82) is 0 Å². The molecule has 2 aromatic heterocycles. The van der Waals surface area contributed by atoms with Crippen molar-refractivity contribution in [1.82, 2.24) is 9.72 Å². The van der Waals surface area contributed by atoms with E-state index in [1.54, 1.807) is 24.4 Å². The van der Waals surface area contributed by atoms with Gasteiger partial charge in [-0.1, -0.05) is 6.07 Å². The number of amides is 1. The lowest BCUT2D eigenvalue weighted by molar-refractivity contribution is -0.139. The van der Waals surface area contributed by atoms with E-state index in [1.807, 2.05) is 0 Å². The molecular formula is C17H22N4O7S. The van der Waals surface area contributed by atoms with Gasteiger partial charge in [-0.25, -0.2) is 13.8 Å². The zero-order valence-corrected chi connectivity index (χ0v) is 16.3. The SMILES string of the molecule is C[C@](COC(=O)NCCN)([C@@H](Nc1c(C=O)cc2ccccn12)C(=O)O)S(=O)O. The molecule has 0 radical (unpaired) electrons. The summed E-state index contributed by atoms with van der Waals surface area (Å²) in [6.45, 7) is 0.780. The first-order valence-electron chi connectivity index (χ1n) is 8.51. The lowest BCUT2D eigenvalue weighted by Crippen LogP contribution is -2.56. The first-order chi connectivity index (χ1) is 13.7. The molecule has 0 aromatic carbocycles. The highest BCUT2D eigenvalue weighted by atomic mass is 32.2. The van der Waals surface area contributed by atoms with E-state index in [9.17, 15) is 28.3 Å². The number of nitrogens with zero attached hydrogens (tertiary/aromatic N) is 1. The van der Waals surface area contributed by atoms with Gasteiger partial charge in [0, 0.05) is 24.8 Å². The molecule has 2 rings (SSSR count). The number of ether oxygens (including phenoxy) is 1. The average Bonchev–Trinajstić information content (AvgIpc) is 3.05. The Morgan fingerprint density at radius 3 is 2.76 bits per heavy atom. The van der Waals surface area contributed by atoms with Gasteiger partial charge in [-0.2, -0.15) is 0 Å². The van der Waals surface area contributed by atoms with Crippen LogP contribution in [0.1, 0.15) is 17.3 Å². The number of hydrogen-bond acceptors (Lipinski definition) is 7. The summed E-state index contributed by atoms with van der Waals surface area (Å²) >= 11 is -2.72. The Balaban J connectivity index is 2.37. The maximum Gasteiger partial charge on any atom is 0.407 e. The van der Waals surface area contributed by atoms with Crippen molar-refractivity contribution in [3.8, 4) is 0 Å². The van der Waals surface area contributed by atoms with Gasteiger partial charge in [-0.15, -0.1) is 0 Å². The third-order valence-corrected chi connectivity index (χ3v) is 5.43. The summed E-state index contributed by atoms with van der Waals surface area (Å²) in [7, 11) is 0. The van der Waals surface area contributed by atoms with Crippen LogP contribution in [0.3, 0.4) is 0 Å². The molecule has 0 fully saturated rings. The standard InChI is InChI=1S/C17H22N4O7S/c1-17(29(26)27,10-28-16(25)19-6-5-18)13(15(23)24)20-14-11(9-22)8-12-4-2-3-7-21(12)14/h2-4,7-9,13,20H,5-6,10,18H2,1H3,(H,19,25)(H,23,24)(H,26,27)/t13-,17-/m0/s1. The number of anilines is 1. The highest BCUT2D eigenvalue weighted by Crippen LogP contribution is 2.27. The van der Waals surface area contributed by atoms with Gasteiger partial charge in [-0.05, 0) is 25.1 Å². The fourth-order valence-electron chi connectivity index (χ4n) is 2.67. The number of alkyl carbamates (subject to hydrolysis) is 1. The normalized spacial score (nSPS) is 15.1. The minimum Gasteiger partial charge on any atom is -0.480 e. The van der Waals surface area contributed by atoms with Gasteiger partial charge in [0.05, 0.1) is 5.56 Å². The van der Waals surface area contributed by atoms with Gasteiger partial charge in [-0.3, -0.25) is 4.79 Å². The maximum atomic E-state index is 12.0. The van der Waals surface area contributed by atoms with E-state index in [4.69, 9.17) is 10.5 Å². The van der Waals surface area contributed by atoms with Crippen LogP contribution in [-0.4, -0.2) is 67.1 Å². The van der Waals surface area contributed by atoms with Crippen LogP contribution in [0, 0.1) is 0 Å². The number of aliphatic carboxylic acids is 1. The highest BCUT2D eigenvalue weighted by molar-refractivity contribution is 7.80. The molecule has 0 spiro atoms. The molecule has 0 bridgehead atoms. The average molecular weight is 426 g/mol. The number of aldehydes is 1. The predicted molar refractivity (Wildman–Crippen MR) is 105 cm³/mol. The summed E-state index contributed by atoms with van der Waals surface area (Å²) in [6.07, 6.45) is 1.24. The van der Waals surface area contributed by atoms with E-state index in [2.05, 4.69) is 10.6 Å². The fourth-order valence-corrected chi connectivity index (χ4v) is 3.19. The number of carboxylic acid groups (broad SMARTS) is 1. The Morgan fingerprint density at radius 2 is 2.17 bits per heavy atom. The summed E-state index contributed by atoms with van der Waals surface area (Å²) in [5.74, 6) is -1.34. The van der Waals surface area contributed by atoms with Gasteiger partial charge in [0.25, 0.3) is 0 Å². The van der Waals surface area contributed by atoms with Crippen LogP contribution in [0.5, 0.6) is 0 Å². The summed E-state index contributed by atoms with van der Waals surface area (Å²) < 4.78 is 26.4. The Bertz CT molecular complexity index is 932. The van der Waals surface area contributed by atoms with Crippen molar-refractivity contribution in [2.75, 3.05) is 25.0 Å². The topological polar surface area (TPSA) is 172 Å². The van der Waals surface area contributed by atoms with Crippen molar-refractivity contribution in [3.63, 3.8) is 0 Å². The number of pyridine rings is 1. The summed E-state index contributed by atoms with van der Waals surface area (Å²) in [5.41, 5.74) is 6.04. The van der Waals surface area contributed by atoms with Gasteiger partial charge in [0.2, 0.25) is 0 Å². The van der Waals surface area contributed by atoms with Gasteiger partial charge < -0.3 is 35.2 Å².